The van der Waals surface area contributed by atoms with Crippen molar-refractivity contribution in [3.8, 4) is 0 Å². The van der Waals surface area contributed by atoms with E-state index in [1.807, 2.05) is 30.3 Å². The fourth-order valence-corrected chi connectivity index (χ4v) is 1.28. The van der Waals surface area contributed by atoms with Gasteiger partial charge in [0.2, 0.25) is 0 Å². The molecule has 0 amide bonds. The second kappa shape index (κ2) is 7.40. The molecule has 1 aromatic carbocycles. The number of rotatable bonds is 7. The Labute approximate surface area is 90.3 Å². The third-order valence-electron chi connectivity index (χ3n) is 2.15. The summed E-state index contributed by atoms with van der Waals surface area (Å²) in [6.07, 6.45) is 0.755. The average molecular weight is 210 g/mol. The van der Waals surface area contributed by atoms with E-state index in [1.165, 1.54) is 0 Å². The maximum atomic E-state index is 9.07. The van der Waals surface area contributed by atoms with Gasteiger partial charge >= 0.3 is 0 Å². The summed E-state index contributed by atoms with van der Waals surface area (Å²) in [4.78, 5) is 0. The van der Waals surface area contributed by atoms with E-state index in [1.54, 1.807) is 0 Å². The van der Waals surface area contributed by atoms with Crippen LogP contribution in [-0.4, -0.2) is 29.5 Å². The van der Waals surface area contributed by atoms with E-state index in [2.05, 4.69) is 0 Å². The van der Waals surface area contributed by atoms with Crippen molar-refractivity contribution in [2.24, 2.45) is 0 Å². The Balaban J connectivity index is 2.03. The third kappa shape index (κ3) is 5.52. The summed E-state index contributed by atoms with van der Waals surface area (Å²) in [5, 5.41) is 17.6. The summed E-state index contributed by atoms with van der Waals surface area (Å²) in [6, 6.07) is 9.97. The topological polar surface area (TPSA) is 49.7 Å². The van der Waals surface area contributed by atoms with Gasteiger partial charge in [0, 0.05) is 6.61 Å². The molecule has 0 aliphatic rings. The minimum Gasteiger partial charge on any atom is -0.394 e. The molecular formula is C12H18O3. The summed E-state index contributed by atoms with van der Waals surface area (Å²) < 4.78 is 5.42. The first-order chi connectivity index (χ1) is 7.33. The Morgan fingerprint density at radius 1 is 1.20 bits per heavy atom. The molecule has 0 aromatic heterocycles. The SMILES string of the molecule is OC[C@@H](O)CCCOCc1ccccc1. The summed E-state index contributed by atoms with van der Waals surface area (Å²) in [6.45, 7) is 1.06. The first-order valence-electron chi connectivity index (χ1n) is 5.23. The molecule has 15 heavy (non-hydrogen) atoms. The fourth-order valence-electron chi connectivity index (χ4n) is 1.28. The number of aliphatic hydroxyl groups excluding tert-OH is 2. The summed E-state index contributed by atoms with van der Waals surface area (Å²) >= 11 is 0. The molecule has 1 rings (SSSR count). The first-order valence-corrected chi connectivity index (χ1v) is 5.23. The van der Waals surface area contributed by atoms with E-state index < -0.39 is 6.10 Å². The van der Waals surface area contributed by atoms with Crippen LogP contribution in [0.2, 0.25) is 0 Å². The van der Waals surface area contributed by atoms with Gasteiger partial charge in [0.15, 0.2) is 0 Å². The van der Waals surface area contributed by atoms with E-state index in [-0.39, 0.29) is 6.61 Å². The molecule has 0 heterocycles. The maximum Gasteiger partial charge on any atom is 0.0771 e. The van der Waals surface area contributed by atoms with Crippen molar-refractivity contribution >= 4 is 0 Å². The molecule has 0 bridgehead atoms. The molecule has 0 saturated carbocycles. The zero-order valence-electron chi connectivity index (χ0n) is 8.80. The lowest BCUT2D eigenvalue weighted by Crippen LogP contribution is -2.12. The van der Waals surface area contributed by atoms with Gasteiger partial charge in [-0.2, -0.15) is 0 Å². The van der Waals surface area contributed by atoms with Crippen molar-refractivity contribution in [1.29, 1.82) is 0 Å². The number of hydrogen-bond acceptors (Lipinski definition) is 3. The molecule has 0 aliphatic carbocycles. The number of ether oxygens (including phenoxy) is 1. The Kier molecular flexibility index (Phi) is 6.00. The highest BCUT2D eigenvalue weighted by atomic mass is 16.5. The van der Waals surface area contributed by atoms with Crippen LogP contribution in [0.5, 0.6) is 0 Å². The molecule has 3 nitrogen and oxygen atoms in total. The van der Waals surface area contributed by atoms with Crippen LogP contribution in [0.4, 0.5) is 0 Å². The zero-order valence-corrected chi connectivity index (χ0v) is 8.80. The predicted octanol–water partition coefficient (Wildman–Crippen LogP) is 1.34. The van der Waals surface area contributed by atoms with Gasteiger partial charge in [-0.3, -0.25) is 0 Å². The van der Waals surface area contributed by atoms with Crippen LogP contribution >= 0.6 is 0 Å². The average Bonchev–Trinajstić information content (AvgIpc) is 2.29. The first kappa shape index (κ1) is 12.2. The van der Waals surface area contributed by atoms with Gasteiger partial charge in [0.05, 0.1) is 19.3 Å². The molecule has 0 unspecified atom stereocenters. The van der Waals surface area contributed by atoms with Crippen molar-refractivity contribution in [3.05, 3.63) is 35.9 Å². The van der Waals surface area contributed by atoms with E-state index in [0.29, 0.717) is 19.6 Å². The van der Waals surface area contributed by atoms with Crippen molar-refractivity contribution < 1.29 is 14.9 Å². The van der Waals surface area contributed by atoms with Crippen molar-refractivity contribution in [3.63, 3.8) is 0 Å². The van der Waals surface area contributed by atoms with Crippen LogP contribution < -0.4 is 0 Å². The quantitative estimate of drug-likeness (QED) is 0.668. The minimum atomic E-state index is -0.606. The number of aliphatic hydroxyl groups is 2. The van der Waals surface area contributed by atoms with Crippen LogP contribution in [-0.2, 0) is 11.3 Å². The highest BCUT2D eigenvalue weighted by Gasteiger charge is 2.00. The summed E-state index contributed by atoms with van der Waals surface area (Å²) in [5.74, 6) is 0. The lowest BCUT2D eigenvalue weighted by atomic mass is 10.2. The van der Waals surface area contributed by atoms with Gasteiger partial charge in [-0.25, -0.2) is 0 Å². The normalized spacial score (nSPS) is 12.7. The molecule has 1 atom stereocenters. The lowest BCUT2D eigenvalue weighted by Gasteiger charge is -2.07. The summed E-state index contributed by atoms with van der Waals surface area (Å²) in [5.41, 5.74) is 1.15. The Hall–Kier alpha value is -0.900. The van der Waals surface area contributed by atoms with Gasteiger partial charge in [-0.1, -0.05) is 30.3 Å². The van der Waals surface area contributed by atoms with E-state index in [9.17, 15) is 0 Å². The molecule has 3 heteroatoms. The van der Waals surface area contributed by atoms with Crippen LogP contribution in [0.3, 0.4) is 0 Å². The smallest absolute Gasteiger partial charge is 0.0771 e. The fraction of sp³-hybridized carbons (Fsp3) is 0.500. The molecular weight excluding hydrogens is 192 g/mol. The van der Waals surface area contributed by atoms with Gasteiger partial charge in [-0.05, 0) is 18.4 Å². The maximum absolute atomic E-state index is 9.07. The van der Waals surface area contributed by atoms with E-state index in [4.69, 9.17) is 14.9 Å². The summed E-state index contributed by atoms with van der Waals surface area (Å²) in [7, 11) is 0. The van der Waals surface area contributed by atoms with Gasteiger partial charge < -0.3 is 14.9 Å². The Morgan fingerprint density at radius 2 is 1.93 bits per heavy atom. The molecule has 84 valence electrons. The molecule has 0 aliphatic heterocycles. The van der Waals surface area contributed by atoms with Gasteiger partial charge in [0.25, 0.3) is 0 Å². The second-order valence-corrected chi connectivity index (χ2v) is 3.52. The van der Waals surface area contributed by atoms with Crippen LogP contribution in [0.15, 0.2) is 30.3 Å². The van der Waals surface area contributed by atoms with Crippen LogP contribution in [0.1, 0.15) is 18.4 Å². The highest BCUT2D eigenvalue weighted by molar-refractivity contribution is 5.13. The van der Waals surface area contributed by atoms with Crippen molar-refractivity contribution in [1.82, 2.24) is 0 Å². The Morgan fingerprint density at radius 3 is 2.60 bits per heavy atom. The largest absolute Gasteiger partial charge is 0.394 e. The Bertz CT molecular complexity index is 248. The predicted molar refractivity (Wildman–Crippen MR) is 58.4 cm³/mol. The van der Waals surface area contributed by atoms with Gasteiger partial charge in [0.1, 0.15) is 0 Å². The third-order valence-corrected chi connectivity index (χ3v) is 2.15. The molecule has 0 fully saturated rings. The molecule has 0 spiro atoms. The molecule has 1 aromatic rings. The van der Waals surface area contributed by atoms with Crippen LogP contribution in [0.25, 0.3) is 0 Å². The molecule has 0 radical (unpaired) electrons. The standard InChI is InChI=1S/C12H18O3/c13-9-12(14)7-4-8-15-10-11-5-2-1-3-6-11/h1-3,5-6,12-14H,4,7-10H2/t12-/m0/s1. The highest BCUT2D eigenvalue weighted by Crippen LogP contribution is 2.02. The van der Waals surface area contributed by atoms with Crippen LogP contribution in [0, 0.1) is 0 Å². The monoisotopic (exact) mass is 210 g/mol. The van der Waals surface area contributed by atoms with Crippen molar-refractivity contribution in [2.75, 3.05) is 13.2 Å². The minimum absolute atomic E-state index is 0.168. The lowest BCUT2D eigenvalue weighted by molar-refractivity contribution is 0.0668. The van der Waals surface area contributed by atoms with E-state index in [0.717, 1.165) is 12.0 Å². The molecule has 0 saturated heterocycles. The second-order valence-electron chi connectivity index (χ2n) is 3.52. The number of benzene rings is 1. The molecule has 2 N–H and O–H groups in total. The van der Waals surface area contributed by atoms with E-state index >= 15 is 0 Å². The zero-order chi connectivity index (χ0) is 10.9. The number of hydrogen-bond donors (Lipinski definition) is 2. The van der Waals surface area contributed by atoms with Crippen molar-refractivity contribution in [2.45, 2.75) is 25.6 Å². The van der Waals surface area contributed by atoms with Gasteiger partial charge in [-0.15, -0.1) is 0 Å².